The molecule has 0 unspecified atom stereocenters. The van der Waals surface area contributed by atoms with Crippen LogP contribution in [0.25, 0.3) is 10.8 Å². The Kier molecular flexibility index (Phi) is 4.07. The number of aromatic carboxylic acids is 1. The second-order valence-corrected chi connectivity index (χ2v) is 5.14. The summed E-state index contributed by atoms with van der Waals surface area (Å²) in [6.07, 6.45) is 0.956. The molecule has 0 saturated carbocycles. The molecule has 1 heterocycles. The van der Waals surface area contributed by atoms with Crippen molar-refractivity contribution >= 4 is 22.6 Å². The van der Waals surface area contributed by atoms with Gasteiger partial charge in [-0.15, -0.1) is 0 Å². The first kappa shape index (κ1) is 15.4. The SMILES string of the molecule is O=C(O)c1ncc(C(=O)NCc2ccc3ccccc3c2)c(=O)[nH]1. The van der Waals surface area contributed by atoms with E-state index in [1.807, 2.05) is 42.5 Å². The molecule has 1 aromatic heterocycles. The van der Waals surface area contributed by atoms with E-state index in [-0.39, 0.29) is 12.1 Å². The van der Waals surface area contributed by atoms with Crippen molar-refractivity contribution in [3.63, 3.8) is 0 Å². The molecule has 0 aliphatic heterocycles. The second-order valence-electron chi connectivity index (χ2n) is 5.14. The van der Waals surface area contributed by atoms with E-state index >= 15 is 0 Å². The Bertz CT molecular complexity index is 994. The van der Waals surface area contributed by atoms with Gasteiger partial charge in [0.25, 0.3) is 11.5 Å². The molecule has 24 heavy (non-hydrogen) atoms. The van der Waals surface area contributed by atoms with Gasteiger partial charge >= 0.3 is 5.97 Å². The van der Waals surface area contributed by atoms with E-state index in [9.17, 15) is 14.4 Å². The van der Waals surface area contributed by atoms with Gasteiger partial charge in [0.1, 0.15) is 5.56 Å². The molecule has 2 aromatic carbocycles. The zero-order chi connectivity index (χ0) is 17.1. The van der Waals surface area contributed by atoms with Crippen molar-refractivity contribution in [2.75, 3.05) is 0 Å². The summed E-state index contributed by atoms with van der Waals surface area (Å²) in [4.78, 5) is 40.1. The molecular weight excluding hydrogens is 310 g/mol. The van der Waals surface area contributed by atoms with Crippen molar-refractivity contribution in [1.29, 1.82) is 0 Å². The van der Waals surface area contributed by atoms with Crippen molar-refractivity contribution in [3.05, 3.63) is 76.0 Å². The summed E-state index contributed by atoms with van der Waals surface area (Å²) in [6.45, 7) is 0.240. The third kappa shape index (κ3) is 3.14. The van der Waals surface area contributed by atoms with Crippen molar-refractivity contribution < 1.29 is 14.7 Å². The maximum Gasteiger partial charge on any atom is 0.372 e. The number of fused-ring (bicyclic) bond motifs is 1. The van der Waals surface area contributed by atoms with Crippen LogP contribution in [0.1, 0.15) is 26.5 Å². The number of hydrogen-bond acceptors (Lipinski definition) is 4. The quantitative estimate of drug-likeness (QED) is 0.674. The zero-order valence-electron chi connectivity index (χ0n) is 12.4. The molecule has 1 amide bonds. The first-order chi connectivity index (χ1) is 11.5. The Hall–Kier alpha value is -3.48. The van der Waals surface area contributed by atoms with Gasteiger partial charge in [0, 0.05) is 12.7 Å². The number of carboxylic acid groups (broad SMARTS) is 1. The summed E-state index contributed by atoms with van der Waals surface area (Å²) >= 11 is 0. The lowest BCUT2D eigenvalue weighted by Gasteiger charge is -2.06. The van der Waals surface area contributed by atoms with Crippen LogP contribution in [0.4, 0.5) is 0 Å². The number of carboxylic acids is 1. The van der Waals surface area contributed by atoms with Crippen molar-refractivity contribution in [1.82, 2.24) is 15.3 Å². The molecule has 120 valence electrons. The molecule has 3 rings (SSSR count). The van der Waals surface area contributed by atoms with E-state index in [4.69, 9.17) is 5.11 Å². The Morgan fingerprint density at radius 3 is 2.58 bits per heavy atom. The third-order valence-corrected chi connectivity index (χ3v) is 3.51. The predicted molar refractivity (Wildman–Crippen MR) is 86.9 cm³/mol. The monoisotopic (exact) mass is 323 g/mol. The maximum absolute atomic E-state index is 12.1. The molecule has 0 spiro atoms. The number of carbonyl (C=O) groups is 2. The molecule has 0 aliphatic rings. The van der Waals surface area contributed by atoms with Crippen LogP contribution >= 0.6 is 0 Å². The Balaban J connectivity index is 1.75. The van der Waals surface area contributed by atoms with E-state index < -0.39 is 23.3 Å². The van der Waals surface area contributed by atoms with Crippen LogP contribution < -0.4 is 10.9 Å². The van der Waals surface area contributed by atoms with E-state index in [1.165, 1.54) is 0 Å². The molecule has 0 fully saturated rings. The summed E-state index contributed by atoms with van der Waals surface area (Å²) in [5.41, 5.74) is -0.146. The largest absolute Gasteiger partial charge is 0.475 e. The van der Waals surface area contributed by atoms with Crippen LogP contribution in [-0.4, -0.2) is 27.0 Å². The van der Waals surface area contributed by atoms with E-state index in [0.717, 1.165) is 22.5 Å². The van der Waals surface area contributed by atoms with Crippen molar-refractivity contribution in [2.24, 2.45) is 0 Å². The number of nitrogens with zero attached hydrogens (tertiary/aromatic N) is 1. The summed E-state index contributed by atoms with van der Waals surface area (Å²) < 4.78 is 0. The molecule has 3 N–H and O–H groups in total. The lowest BCUT2D eigenvalue weighted by atomic mass is 10.1. The summed E-state index contributed by atoms with van der Waals surface area (Å²) in [7, 11) is 0. The molecule has 7 nitrogen and oxygen atoms in total. The Morgan fingerprint density at radius 2 is 1.88 bits per heavy atom. The van der Waals surface area contributed by atoms with Gasteiger partial charge in [-0.2, -0.15) is 0 Å². The highest BCUT2D eigenvalue weighted by Crippen LogP contribution is 2.15. The predicted octanol–water partition coefficient (Wildman–Crippen LogP) is 1.55. The fourth-order valence-electron chi connectivity index (χ4n) is 2.29. The number of carbonyl (C=O) groups excluding carboxylic acids is 1. The average molecular weight is 323 g/mol. The number of nitrogens with one attached hydrogen (secondary N) is 2. The van der Waals surface area contributed by atoms with E-state index in [1.54, 1.807) is 0 Å². The number of aromatic amines is 1. The fourth-order valence-corrected chi connectivity index (χ4v) is 2.29. The standard InChI is InChI=1S/C17H13N3O4/c21-15(13-9-18-14(17(23)24)20-16(13)22)19-8-10-5-6-11-3-1-2-4-12(11)7-10/h1-7,9H,8H2,(H,19,21)(H,23,24)(H,18,20,22). The molecule has 0 atom stereocenters. The summed E-state index contributed by atoms with van der Waals surface area (Å²) in [5.74, 6) is -2.49. The molecule has 3 aromatic rings. The maximum atomic E-state index is 12.1. The highest BCUT2D eigenvalue weighted by Gasteiger charge is 2.14. The Morgan fingerprint density at radius 1 is 1.12 bits per heavy atom. The minimum atomic E-state index is -1.37. The van der Waals surface area contributed by atoms with Crippen LogP contribution in [0, 0.1) is 0 Å². The number of hydrogen-bond donors (Lipinski definition) is 3. The summed E-state index contributed by atoms with van der Waals surface area (Å²) in [5, 5.41) is 13.5. The second kappa shape index (κ2) is 6.33. The van der Waals surface area contributed by atoms with Crippen molar-refractivity contribution in [3.8, 4) is 0 Å². The smallest absolute Gasteiger partial charge is 0.372 e. The normalized spacial score (nSPS) is 10.5. The van der Waals surface area contributed by atoms with E-state index in [2.05, 4.69) is 15.3 Å². The zero-order valence-corrected chi connectivity index (χ0v) is 12.4. The highest BCUT2D eigenvalue weighted by molar-refractivity contribution is 5.94. The third-order valence-electron chi connectivity index (χ3n) is 3.51. The molecular formula is C17H13N3O4. The van der Waals surface area contributed by atoms with Gasteiger partial charge in [0.2, 0.25) is 5.82 Å². The minimum Gasteiger partial charge on any atom is -0.475 e. The van der Waals surface area contributed by atoms with Gasteiger partial charge < -0.3 is 15.4 Å². The molecule has 0 radical (unpaired) electrons. The fraction of sp³-hybridized carbons (Fsp3) is 0.0588. The lowest BCUT2D eigenvalue weighted by Crippen LogP contribution is -2.30. The van der Waals surface area contributed by atoms with Crippen molar-refractivity contribution in [2.45, 2.75) is 6.54 Å². The van der Waals surface area contributed by atoms with Crippen LogP contribution in [0.2, 0.25) is 0 Å². The number of rotatable bonds is 4. The van der Waals surface area contributed by atoms with Crippen LogP contribution in [-0.2, 0) is 6.54 Å². The summed E-state index contributed by atoms with van der Waals surface area (Å²) in [6, 6.07) is 13.6. The lowest BCUT2D eigenvalue weighted by molar-refractivity contribution is 0.0682. The van der Waals surface area contributed by atoms with Gasteiger partial charge in [0.05, 0.1) is 0 Å². The number of benzene rings is 2. The molecule has 0 saturated heterocycles. The van der Waals surface area contributed by atoms with E-state index in [0.29, 0.717) is 0 Å². The van der Waals surface area contributed by atoms with Crippen LogP contribution in [0.5, 0.6) is 0 Å². The van der Waals surface area contributed by atoms with Gasteiger partial charge in [-0.3, -0.25) is 9.59 Å². The minimum absolute atomic E-state index is 0.235. The molecule has 7 heteroatoms. The molecule has 0 bridgehead atoms. The van der Waals surface area contributed by atoms with Crippen LogP contribution in [0.15, 0.2) is 53.5 Å². The average Bonchev–Trinajstić information content (AvgIpc) is 2.59. The first-order valence-electron chi connectivity index (χ1n) is 7.13. The van der Waals surface area contributed by atoms with Gasteiger partial charge in [-0.1, -0.05) is 36.4 Å². The van der Waals surface area contributed by atoms with Gasteiger partial charge in [-0.05, 0) is 22.4 Å². The number of H-pyrrole nitrogens is 1. The topological polar surface area (TPSA) is 112 Å². The van der Waals surface area contributed by atoms with Crippen LogP contribution in [0.3, 0.4) is 0 Å². The highest BCUT2D eigenvalue weighted by atomic mass is 16.4. The van der Waals surface area contributed by atoms with Gasteiger partial charge in [0.15, 0.2) is 0 Å². The Labute approximate surface area is 136 Å². The van der Waals surface area contributed by atoms with Gasteiger partial charge in [-0.25, -0.2) is 9.78 Å². The molecule has 0 aliphatic carbocycles. The number of amides is 1. The number of aromatic nitrogens is 2. The first-order valence-corrected chi connectivity index (χ1v) is 7.13.